The highest BCUT2D eigenvalue weighted by Gasteiger charge is 2.06. The molecule has 1 atom stereocenters. The Kier molecular flexibility index (Phi) is 3.58. The van der Waals surface area contributed by atoms with Crippen molar-refractivity contribution < 1.29 is 4.74 Å². The molecule has 2 N–H and O–H groups in total. The van der Waals surface area contributed by atoms with E-state index in [1.54, 1.807) is 7.11 Å². The Labute approximate surface area is 83.6 Å². The number of rotatable bonds is 3. The second-order valence-corrected chi connectivity index (χ2v) is 3.44. The number of halogens is 1. The van der Waals surface area contributed by atoms with Crippen LogP contribution in [-0.4, -0.2) is 13.7 Å². The molecule has 0 amide bonds. The maximum atomic E-state index is 5.96. The maximum absolute atomic E-state index is 5.96. The van der Waals surface area contributed by atoms with Crippen molar-refractivity contribution >= 4 is 11.6 Å². The highest BCUT2D eigenvalue weighted by molar-refractivity contribution is 6.32. The average Bonchev–Trinajstić information content (AvgIpc) is 2.16. The minimum Gasteiger partial charge on any atom is -0.495 e. The van der Waals surface area contributed by atoms with Gasteiger partial charge in [-0.1, -0.05) is 24.6 Å². The Bertz CT molecular complexity index is 288. The van der Waals surface area contributed by atoms with Gasteiger partial charge in [0.1, 0.15) is 5.75 Å². The van der Waals surface area contributed by atoms with E-state index in [4.69, 9.17) is 22.1 Å². The van der Waals surface area contributed by atoms with Crippen molar-refractivity contribution in [2.45, 2.75) is 12.8 Å². The molecule has 2 nitrogen and oxygen atoms in total. The monoisotopic (exact) mass is 199 g/mol. The molecule has 0 aliphatic carbocycles. The van der Waals surface area contributed by atoms with Crippen LogP contribution < -0.4 is 10.5 Å². The van der Waals surface area contributed by atoms with E-state index in [-0.39, 0.29) is 0 Å². The summed E-state index contributed by atoms with van der Waals surface area (Å²) in [7, 11) is 1.60. The van der Waals surface area contributed by atoms with Gasteiger partial charge in [-0.2, -0.15) is 0 Å². The van der Waals surface area contributed by atoms with Gasteiger partial charge in [0.05, 0.1) is 12.1 Å². The van der Waals surface area contributed by atoms with Crippen LogP contribution in [0.2, 0.25) is 5.02 Å². The van der Waals surface area contributed by atoms with Crippen LogP contribution in [0.3, 0.4) is 0 Å². The lowest BCUT2D eigenvalue weighted by Crippen LogP contribution is -2.08. The van der Waals surface area contributed by atoms with Crippen LogP contribution in [0, 0.1) is 0 Å². The van der Waals surface area contributed by atoms with Gasteiger partial charge in [0.25, 0.3) is 0 Å². The normalized spacial score (nSPS) is 12.6. The molecule has 0 heterocycles. The molecule has 0 saturated heterocycles. The van der Waals surface area contributed by atoms with Crippen LogP contribution in [0.25, 0.3) is 0 Å². The fraction of sp³-hybridized carbons (Fsp3) is 0.400. The first-order valence-corrected chi connectivity index (χ1v) is 4.60. The summed E-state index contributed by atoms with van der Waals surface area (Å²) >= 11 is 5.96. The topological polar surface area (TPSA) is 35.2 Å². The minimum absolute atomic E-state index is 0.336. The molecule has 1 unspecified atom stereocenters. The SMILES string of the molecule is COc1ccc(C(C)CN)cc1Cl. The van der Waals surface area contributed by atoms with Gasteiger partial charge in [0, 0.05) is 0 Å². The fourth-order valence-corrected chi connectivity index (χ4v) is 1.39. The molecule has 0 aromatic heterocycles. The first-order valence-electron chi connectivity index (χ1n) is 4.22. The first kappa shape index (κ1) is 10.4. The van der Waals surface area contributed by atoms with Crippen molar-refractivity contribution in [3.05, 3.63) is 28.8 Å². The van der Waals surface area contributed by atoms with Crippen LogP contribution in [0.15, 0.2) is 18.2 Å². The predicted molar refractivity (Wildman–Crippen MR) is 55.5 cm³/mol. The summed E-state index contributed by atoms with van der Waals surface area (Å²) in [6, 6.07) is 5.75. The Morgan fingerprint density at radius 1 is 1.54 bits per heavy atom. The maximum Gasteiger partial charge on any atom is 0.137 e. The lowest BCUT2D eigenvalue weighted by Gasteiger charge is -2.10. The molecule has 0 aliphatic heterocycles. The Morgan fingerprint density at radius 2 is 2.23 bits per heavy atom. The molecule has 1 aromatic carbocycles. The second-order valence-electron chi connectivity index (χ2n) is 3.03. The third-order valence-corrected chi connectivity index (χ3v) is 2.39. The molecule has 1 rings (SSSR count). The average molecular weight is 200 g/mol. The molecule has 0 fully saturated rings. The van der Waals surface area contributed by atoms with Crippen LogP contribution in [0.5, 0.6) is 5.75 Å². The number of ether oxygens (including phenoxy) is 1. The fourth-order valence-electron chi connectivity index (χ4n) is 1.13. The van der Waals surface area contributed by atoms with Crippen molar-refractivity contribution in [1.29, 1.82) is 0 Å². The summed E-state index contributed by atoms with van der Waals surface area (Å²) in [6.45, 7) is 2.70. The summed E-state index contributed by atoms with van der Waals surface area (Å²) in [5, 5.41) is 0.639. The van der Waals surface area contributed by atoms with Gasteiger partial charge >= 0.3 is 0 Å². The van der Waals surface area contributed by atoms with Gasteiger partial charge in [0.15, 0.2) is 0 Å². The van der Waals surface area contributed by atoms with Crippen molar-refractivity contribution in [1.82, 2.24) is 0 Å². The van der Waals surface area contributed by atoms with Crippen LogP contribution >= 0.6 is 11.6 Å². The molecule has 3 heteroatoms. The molecular formula is C10H14ClNO. The summed E-state index contributed by atoms with van der Waals surface area (Å²) in [5.74, 6) is 1.04. The third-order valence-electron chi connectivity index (χ3n) is 2.10. The Balaban J connectivity index is 2.95. The molecule has 0 radical (unpaired) electrons. The van der Waals surface area contributed by atoms with E-state index in [1.807, 2.05) is 18.2 Å². The third kappa shape index (κ3) is 2.36. The van der Waals surface area contributed by atoms with Crippen molar-refractivity contribution in [2.24, 2.45) is 5.73 Å². The van der Waals surface area contributed by atoms with Gasteiger partial charge in [-0.05, 0) is 30.2 Å². The molecule has 0 saturated carbocycles. The summed E-state index contributed by atoms with van der Waals surface area (Å²) in [5.41, 5.74) is 6.70. The van der Waals surface area contributed by atoms with Crippen molar-refractivity contribution in [3.8, 4) is 5.75 Å². The van der Waals surface area contributed by atoms with Crippen molar-refractivity contribution in [2.75, 3.05) is 13.7 Å². The Morgan fingerprint density at radius 3 is 2.69 bits per heavy atom. The number of hydrogen-bond acceptors (Lipinski definition) is 2. The summed E-state index contributed by atoms with van der Waals surface area (Å²) in [6.07, 6.45) is 0. The smallest absolute Gasteiger partial charge is 0.137 e. The number of nitrogens with two attached hydrogens (primary N) is 1. The summed E-state index contributed by atoms with van der Waals surface area (Å²) < 4.78 is 5.05. The van der Waals surface area contributed by atoms with Gasteiger partial charge in [-0.3, -0.25) is 0 Å². The van der Waals surface area contributed by atoms with Gasteiger partial charge < -0.3 is 10.5 Å². The standard InChI is InChI=1S/C10H14ClNO/c1-7(6-12)8-3-4-10(13-2)9(11)5-8/h3-5,7H,6,12H2,1-2H3. The largest absolute Gasteiger partial charge is 0.495 e. The van der Waals surface area contributed by atoms with Gasteiger partial charge in [-0.15, -0.1) is 0 Å². The minimum atomic E-state index is 0.336. The number of benzene rings is 1. The highest BCUT2D eigenvalue weighted by Crippen LogP contribution is 2.27. The zero-order chi connectivity index (χ0) is 9.84. The molecule has 13 heavy (non-hydrogen) atoms. The van der Waals surface area contributed by atoms with E-state index < -0.39 is 0 Å². The molecular weight excluding hydrogens is 186 g/mol. The summed E-state index contributed by atoms with van der Waals surface area (Å²) in [4.78, 5) is 0. The molecule has 0 spiro atoms. The zero-order valence-electron chi connectivity index (χ0n) is 7.88. The molecule has 1 aromatic rings. The van der Waals surface area contributed by atoms with Crippen molar-refractivity contribution in [3.63, 3.8) is 0 Å². The molecule has 0 aliphatic rings. The lowest BCUT2D eigenvalue weighted by atomic mass is 10.0. The van der Waals surface area contributed by atoms with Gasteiger partial charge in [0.2, 0.25) is 0 Å². The van der Waals surface area contributed by atoms with Crippen LogP contribution in [0.4, 0.5) is 0 Å². The zero-order valence-corrected chi connectivity index (χ0v) is 8.64. The molecule has 0 bridgehead atoms. The second kappa shape index (κ2) is 4.49. The van der Waals surface area contributed by atoms with Gasteiger partial charge in [-0.25, -0.2) is 0 Å². The van der Waals surface area contributed by atoms with E-state index in [0.29, 0.717) is 23.2 Å². The number of methoxy groups -OCH3 is 1. The van der Waals surface area contributed by atoms with E-state index in [1.165, 1.54) is 0 Å². The van der Waals surface area contributed by atoms with E-state index in [2.05, 4.69) is 6.92 Å². The molecule has 72 valence electrons. The quantitative estimate of drug-likeness (QED) is 0.812. The van der Waals surface area contributed by atoms with E-state index in [9.17, 15) is 0 Å². The lowest BCUT2D eigenvalue weighted by molar-refractivity contribution is 0.415. The van der Waals surface area contributed by atoms with E-state index >= 15 is 0 Å². The predicted octanol–water partition coefficient (Wildman–Crippen LogP) is 2.41. The van der Waals surface area contributed by atoms with Crippen LogP contribution in [-0.2, 0) is 0 Å². The Hall–Kier alpha value is -0.730. The van der Waals surface area contributed by atoms with E-state index in [0.717, 1.165) is 5.56 Å². The van der Waals surface area contributed by atoms with Crippen LogP contribution in [0.1, 0.15) is 18.4 Å². The highest BCUT2D eigenvalue weighted by atomic mass is 35.5. The number of hydrogen-bond donors (Lipinski definition) is 1. The first-order chi connectivity index (χ1) is 6.19.